The van der Waals surface area contributed by atoms with Crippen LogP contribution in [0.5, 0.6) is 0 Å². The van der Waals surface area contributed by atoms with Gasteiger partial charge in [-0.2, -0.15) is 0 Å². The first kappa shape index (κ1) is 15.9. The van der Waals surface area contributed by atoms with Crippen LogP contribution in [-0.2, 0) is 9.84 Å². The average Bonchev–Trinajstić information content (AvgIpc) is 2.33. The van der Waals surface area contributed by atoms with E-state index in [1.54, 1.807) is 6.92 Å². The molecule has 108 valence electrons. The topological polar surface area (TPSA) is 49.4 Å². The summed E-state index contributed by atoms with van der Waals surface area (Å²) in [5.74, 6) is 0.598. The van der Waals surface area contributed by atoms with Crippen LogP contribution in [0.1, 0.15) is 40.0 Å². The Bertz CT molecular complexity index is 330. The van der Waals surface area contributed by atoms with Crippen molar-refractivity contribution >= 4 is 9.84 Å². The molecule has 0 aliphatic carbocycles. The van der Waals surface area contributed by atoms with Crippen molar-refractivity contribution in [1.29, 1.82) is 0 Å². The van der Waals surface area contributed by atoms with E-state index in [9.17, 15) is 8.42 Å². The minimum Gasteiger partial charge on any atom is -0.311 e. The van der Waals surface area contributed by atoms with E-state index < -0.39 is 9.84 Å². The third kappa shape index (κ3) is 5.24. The van der Waals surface area contributed by atoms with Gasteiger partial charge in [0.15, 0.2) is 0 Å². The van der Waals surface area contributed by atoms with Gasteiger partial charge in [-0.15, -0.1) is 0 Å². The molecule has 0 radical (unpaired) electrons. The molecule has 0 amide bonds. The molecule has 0 aromatic heterocycles. The van der Waals surface area contributed by atoms with Crippen LogP contribution in [0.4, 0.5) is 0 Å². The van der Waals surface area contributed by atoms with Crippen molar-refractivity contribution in [2.75, 3.05) is 31.1 Å². The molecule has 1 rings (SSSR count). The van der Waals surface area contributed by atoms with E-state index in [0.29, 0.717) is 17.8 Å². The summed E-state index contributed by atoms with van der Waals surface area (Å²) in [6.07, 6.45) is 3.17. The first-order valence-corrected chi connectivity index (χ1v) is 8.98. The summed E-state index contributed by atoms with van der Waals surface area (Å²) in [7, 11) is -2.80. The minimum atomic E-state index is -2.80. The fourth-order valence-electron chi connectivity index (χ4n) is 2.48. The van der Waals surface area contributed by atoms with Gasteiger partial charge in [0, 0.05) is 30.9 Å². The number of rotatable bonds is 7. The molecule has 1 aliphatic rings. The van der Waals surface area contributed by atoms with Crippen LogP contribution in [-0.4, -0.2) is 56.5 Å². The molecular formula is C13H28N2O2S. The summed E-state index contributed by atoms with van der Waals surface area (Å²) < 4.78 is 22.9. The third-order valence-electron chi connectivity index (χ3n) is 3.76. The lowest BCUT2D eigenvalue weighted by Gasteiger charge is -2.38. The standard InChI is InChI=1S/C13H28N2O2S/c1-4-7-13-11-15(12(3)10-14-13)8-6-9-18(16,17)5-2/h12-14H,4-11H2,1-3H3. The summed E-state index contributed by atoms with van der Waals surface area (Å²) in [5.41, 5.74) is 0. The highest BCUT2D eigenvalue weighted by molar-refractivity contribution is 7.91. The maximum Gasteiger partial charge on any atom is 0.150 e. The largest absolute Gasteiger partial charge is 0.311 e. The zero-order valence-electron chi connectivity index (χ0n) is 12.0. The van der Waals surface area contributed by atoms with Crippen molar-refractivity contribution in [1.82, 2.24) is 10.2 Å². The van der Waals surface area contributed by atoms with Crippen LogP contribution in [0.3, 0.4) is 0 Å². The van der Waals surface area contributed by atoms with Crippen molar-refractivity contribution in [2.24, 2.45) is 0 Å². The Kier molecular flexibility index (Phi) is 6.60. The summed E-state index contributed by atoms with van der Waals surface area (Å²) in [6.45, 7) is 9.12. The van der Waals surface area contributed by atoms with Gasteiger partial charge in [0.05, 0.1) is 5.75 Å². The zero-order chi connectivity index (χ0) is 13.6. The average molecular weight is 276 g/mol. The van der Waals surface area contributed by atoms with Crippen LogP contribution in [0, 0.1) is 0 Å². The Labute approximate surface area is 112 Å². The van der Waals surface area contributed by atoms with Crippen LogP contribution in [0.2, 0.25) is 0 Å². The van der Waals surface area contributed by atoms with Crippen LogP contribution in [0.15, 0.2) is 0 Å². The highest BCUT2D eigenvalue weighted by Gasteiger charge is 2.24. The third-order valence-corrected chi connectivity index (χ3v) is 5.55. The number of nitrogens with zero attached hydrogens (tertiary/aromatic N) is 1. The normalized spacial score (nSPS) is 26.4. The molecule has 0 aromatic carbocycles. The maximum absolute atomic E-state index is 11.5. The minimum absolute atomic E-state index is 0.266. The van der Waals surface area contributed by atoms with E-state index in [0.717, 1.165) is 26.1 Å². The van der Waals surface area contributed by atoms with Gasteiger partial charge in [0.1, 0.15) is 9.84 Å². The van der Waals surface area contributed by atoms with Crippen LogP contribution in [0.25, 0.3) is 0 Å². The fraction of sp³-hybridized carbons (Fsp3) is 1.00. The Morgan fingerprint density at radius 1 is 1.33 bits per heavy atom. The highest BCUT2D eigenvalue weighted by atomic mass is 32.2. The Morgan fingerprint density at radius 2 is 2.06 bits per heavy atom. The smallest absolute Gasteiger partial charge is 0.150 e. The molecule has 5 heteroatoms. The molecule has 1 N–H and O–H groups in total. The summed E-state index contributed by atoms with van der Waals surface area (Å²) in [6, 6.07) is 1.09. The van der Waals surface area contributed by atoms with E-state index in [-0.39, 0.29) is 5.75 Å². The molecule has 2 unspecified atom stereocenters. The lowest BCUT2D eigenvalue weighted by molar-refractivity contribution is 0.137. The molecule has 4 nitrogen and oxygen atoms in total. The first-order chi connectivity index (χ1) is 8.48. The molecule has 18 heavy (non-hydrogen) atoms. The molecule has 0 aromatic rings. The molecule has 1 aliphatic heterocycles. The molecule has 2 atom stereocenters. The van der Waals surface area contributed by atoms with Gasteiger partial charge in [-0.1, -0.05) is 20.3 Å². The van der Waals surface area contributed by atoms with Gasteiger partial charge in [-0.05, 0) is 26.3 Å². The quantitative estimate of drug-likeness (QED) is 0.761. The van der Waals surface area contributed by atoms with Crippen molar-refractivity contribution in [3.8, 4) is 0 Å². The zero-order valence-corrected chi connectivity index (χ0v) is 12.8. The Morgan fingerprint density at radius 3 is 2.67 bits per heavy atom. The summed E-state index contributed by atoms with van der Waals surface area (Å²) >= 11 is 0. The second-order valence-corrected chi connectivity index (χ2v) is 7.80. The van der Waals surface area contributed by atoms with Gasteiger partial charge in [-0.3, -0.25) is 4.90 Å². The van der Waals surface area contributed by atoms with Crippen molar-refractivity contribution in [2.45, 2.75) is 52.1 Å². The van der Waals surface area contributed by atoms with Crippen LogP contribution < -0.4 is 5.32 Å². The first-order valence-electron chi connectivity index (χ1n) is 7.16. The fourth-order valence-corrected chi connectivity index (χ4v) is 3.34. The van der Waals surface area contributed by atoms with Gasteiger partial charge in [0.25, 0.3) is 0 Å². The Balaban J connectivity index is 2.35. The lowest BCUT2D eigenvalue weighted by Crippen LogP contribution is -2.55. The number of sulfone groups is 1. The van der Waals surface area contributed by atoms with E-state index in [1.165, 1.54) is 12.8 Å². The number of nitrogens with one attached hydrogen (secondary N) is 1. The van der Waals surface area contributed by atoms with E-state index in [1.807, 2.05) is 0 Å². The van der Waals surface area contributed by atoms with Crippen LogP contribution >= 0.6 is 0 Å². The van der Waals surface area contributed by atoms with E-state index in [4.69, 9.17) is 0 Å². The molecular weight excluding hydrogens is 248 g/mol. The maximum atomic E-state index is 11.5. The second-order valence-electron chi connectivity index (χ2n) is 5.33. The molecule has 0 saturated carbocycles. The van der Waals surface area contributed by atoms with Crippen molar-refractivity contribution in [3.05, 3.63) is 0 Å². The predicted molar refractivity (Wildman–Crippen MR) is 76.7 cm³/mol. The molecule has 0 bridgehead atoms. The summed E-state index contributed by atoms with van der Waals surface area (Å²) in [5, 5.41) is 3.56. The molecule has 1 saturated heterocycles. The monoisotopic (exact) mass is 276 g/mol. The molecule has 1 heterocycles. The van der Waals surface area contributed by atoms with Crippen molar-refractivity contribution < 1.29 is 8.42 Å². The molecule has 0 spiro atoms. The Hall–Kier alpha value is -0.130. The second kappa shape index (κ2) is 7.46. The van der Waals surface area contributed by atoms with Gasteiger partial charge in [0.2, 0.25) is 0 Å². The van der Waals surface area contributed by atoms with Crippen molar-refractivity contribution in [3.63, 3.8) is 0 Å². The van der Waals surface area contributed by atoms with Gasteiger partial charge >= 0.3 is 0 Å². The number of hydrogen-bond donors (Lipinski definition) is 1. The predicted octanol–water partition coefficient (Wildman–Crippen LogP) is 1.27. The van der Waals surface area contributed by atoms with Gasteiger partial charge < -0.3 is 5.32 Å². The highest BCUT2D eigenvalue weighted by Crippen LogP contribution is 2.11. The SMILES string of the molecule is CCCC1CN(CCCS(=O)(=O)CC)C(C)CN1. The van der Waals surface area contributed by atoms with E-state index in [2.05, 4.69) is 24.1 Å². The molecule has 1 fully saturated rings. The number of piperazine rings is 1. The summed E-state index contributed by atoms with van der Waals surface area (Å²) in [4.78, 5) is 2.43. The van der Waals surface area contributed by atoms with Gasteiger partial charge in [-0.25, -0.2) is 8.42 Å². The van der Waals surface area contributed by atoms with E-state index >= 15 is 0 Å². The number of hydrogen-bond acceptors (Lipinski definition) is 4. The lowest BCUT2D eigenvalue weighted by atomic mass is 10.1.